The van der Waals surface area contributed by atoms with Gasteiger partial charge in [0.1, 0.15) is 23.7 Å². The Labute approximate surface area is 135 Å². The second kappa shape index (κ2) is 5.92. The molecule has 0 saturated heterocycles. The van der Waals surface area contributed by atoms with Gasteiger partial charge in [0, 0.05) is 6.07 Å². The average molecular weight is 308 g/mol. The summed E-state index contributed by atoms with van der Waals surface area (Å²) in [5.41, 5.74) is 1.90. The normalized spacial score (nSPS) is 11.6. The third-order valence-electron chi connectivity index (χ3n) is 3.79. The van der Waals surface area contributed by atoms with Crippen LogP contribution in [0, 0.1) is 0 Å². The predicted octanol–water partition coefficient (Wildman–Crippen LogP) is 4.67. The van der Waals surface area contributed by atoms with E-state index in [1.165, 1.54) is 11.6 Å². The molecule has 2 aromatic carbocycles. The zero-order valence-electron chi connectivity index (χ0n) is 13.6. The van der Waals surface area contributed by atoms with Crippen molar-refractivity contribution in [1.29, 1.82) is 0 Å². The minimum absolute atomic E-state index is 0.0477. The molecule has 3 aromatic rings. The first-order valence-electron chi connectivity index (χ1n) is 7.68. The first kappa shape index (κ1) is 15.3. The van der Waals surface area contributed by atoms with Crippen molar-refractivity contribution in [2.75, 3.05) is 0 Å². The van der Waals surface area contributed by atoms with Crippen molar-refractivity contribution < 1.29 is 9.15 Å². The van der Waals surface area contributed by atoms with Crippen LogP contribution in [0.3, 0.4) is 0 Å². The van der Waals surface area contributed by atoms with E-state index in [1.54, 1.807) is 12.1 Å². The van der Waals surface area contributed by atoms with E-state index in [0.29, 0.717) is 16.7 Å². The second-order valence-corrected chi connectivity index (χ2v) is 6.64. The first-order chi connectivity index (χ1) is 10.9. The van der Waals surface area contributed by atoms with E-state index in [4.69, 9.17) is 9.15 Å². The van der Waals surface area contributed by atoms with Crippen LogP contribution in [0.15, 0.2) is 63.8 Å². The molecular formula is C20H20O3. The maximum atomic E-state index is 12.1. The summed E-state index contributed by atoms with van der Waals surface area (Å²) in [5, 5.41) is 0.589. The van der Waals surface area contributed by atoms with Gasteiger partial charge in [-0.15, -0.1) is 0 Å². The molecule has 0 saturated carbocycles. The van der Waals surface area contributed by atoms with E-state index < -0.39 is 0 Å². The summed E-state index contributed by atoms with van der Waals surface area (Å²) >= 11 is 0. The lowest BCUT2D eigenvalue weighted by Gasteiger charge is -2.19. The van der Waals surface area contributed by atoms with Crippen LogP contribution in [-0.2, 0) is 12.0 Å². The van der Waals surface area contributed by atoms with Gasteiger partial charge in [-0.05, 0) is 35.2 Å². The van der Waals surface area contributed by atoms with Crippen LogP contribution in [0.5, 0.6) is 5.75 Å². The summed E-state index contributed by atoms with van der Waals surface area (Å²) in [4.78, 5) is 12.1. The van der Waals surface area contributed by atoms with Gasteiger partial charge in [0.25, 0.3) is 0 Å². The molecule has 3 heteroatoms. The van der Waals surface area contributed by atoms with E-state index in [9.17, 15) is 4.79 Å². The van der Waals surface area contributed by atoms with E-state index in [0.717, 1.165) is 5.75 Å². The highest BCUT2D eigenvalue weighted by Crippen LogP contribution is 2.24. The summed E-state index contributed by atoms with van der Waals surface area (Å²) in [5.74, 6) is 1.28. The van der Waals surface area contributed by atoms with Crippen LogP contribution in [-0.4, -0.2) is 0 Å². The van der Waals surface area contributed by atoms with E-state index >= 15 is 0 Å². The van der Waals surface area contributed by atoms with Crippen molar-refractivity contribution in [3.05, 3.63) is 76.1 Å². The highest BCUT2D eigenvalue weighted by atomic mass is 16.5. The van der Waals surface area contributed by atoms with Crippen molar-refractivity contribution in [3.8, 4) is 5.75 Å². The highest BCUT2D eigenvalue weighted by Gasteiger charge is 2.13. The molecule has 0 bridgehead atoms. The van der Waals surface area contributed by atoms with Crippen molar-refractivity contribution in [2.24, 2.45) is 0 Å². The summed E-state index contributed by atoms with van der Waals surface area (Å²) in [6, 6.07) is 16.7. The summed E-state index contributed by atoms with van der Waals surface area (Å²) in [6.45, 7) is 6.75. The Morgan fingerprint density at radius 3 is 2.39 bits per heavy atom. The molecule has 1 heterocycles. The molecule has 0 aliphatic carbocycles. The number of hydrogen-bond donors (Lipinski definition) is 0. The van der Waals surface area contributed by atoms with Gasteiger partial charge >= 0.3 is 0 Å². The number of benzene rings is 2. The molecule has 0 N–H and O–H groups in total. The van der Waals surface area contributed by atoms with Crippen molar-refractivity contribution >= 4 is 11.0 Å². The molecule has 1 aromatic heterocycles. The molecule has 0 fully saturated rings. The molecule has 3 nitrogen and oxygen atoms in total. The van der Waals surface area contributed by atoms with Gasteiger partial charge < -0.3 is 9.15 Å². The SMILES string of the molecule is CC(C)(C)c1ccc(OCc2cc(=O)c3ccccc3o2)cc1. The molecule has 0 aliphatic rings. The van der Waals surface area contributed by atoms with Gasteiger partial charge in [0.15, 0.2) is 5.43 Å². The lowest BCUT2D eigenvalue weighted by atomic mass is 9.87. The molecule has 0 aliphatic heterocycles. The first-order valence-corrected chi connectivity index (χ1v) is 7.68. The Bertz CT molecular complexity index is 868. The Hall–Kier alpha value is -2.55. The molecule has 0 atom stereocenters. The van der Waals surface area contributed by atoms with E-state index in [2.05, 4.69) is 32.9 Å². The molecule has 0 radical (unpaired) electrons. The van der Waals surface area contributed by atoms with Crippen LogP contribution in [0.4, 0.5) is 0 Å². The zero-order valence-corrected chi connectivity index (χ0v) is 13.6. The zero-order chi connectivity index (χ0) is 16.4. The topological polar surface area (TPSA) is 39.4 Å². The third kappa shape index (κ3) is 3.45. The van der Waals surface area contributed by atoms with Gasteiger partial charge in [0.05, 0.1) is 5.39 Å². The number of ether oxygens (including phenoxy) is 1. The standard InChI is InChI=1S/C20H20O3/c1-20(2,3)14-8-10-15(11-9-14)22-13-16-12-18(21)17-6-4-5-7-19(17)23-16/h4-12H,13H2,1-3H3. The average Bonchev–Trinajstić information content (AvgIpc) is 2.52. The fourth-order valence-corrected chi connectivity index (χ4v) is 2.43. The van der Waals surface area contributed by atoms with Crippen molar-refractivity contribution in [1.82, 2.24) is 0 Å². The van der Waals surface area contributed by atoms with Gasteiger partial charge in [-0.25, -0.2) is 0 Å². The van der Waals surface area contributed by atoms with Gasteiger partial charge in [-0.3, -0.25) is 4.79 Å². The number of fused-ring (bicyclic) bond motifs is 1. The quantitative estimate of drug-likeness (QED) is 0.706. The number of hydrogen-bond acceptors (Lipinski definition) is 3. The number of rotatable bonds is 3. The Kier molecular flexibility index (Phi) is 3.95. The number of para-hydroxylation sites is 1. The Balaban J connectivity index is 1.77. The van der Waals surface area contributed by atoms with Gasteiger partial charge in [-0.1, -0.05) is 45.0 Å². The smallest absolute Gasteiger partial charge is 0.193 e. The summed E-state index contributed by atoms with van der Waals surface area (Å²) < 4.78 is 11.4. The predicted molar refractivity (Wildman–Crippen MR) is 92.0 cm³/mol. The summed E-state index contributed by atoms with van der Waals surface area (Å²) in [6.07, 6.45) is 0. The van der Waals surface area contributed by atoms with E-state index in [-0.39, 0.29) is 17.5 Å². The Morgan fingerprint density at radius 1 is 1.00 bits per heavy atom. The van der Waals surface area contributed by atoms with Crippen LogP contribution >= 0.6 is 0 Å². The molecular weight excluding hydrogens is 288 g/mol. The summed E-state index contributed by atoms with van der Waals surface area (Å²) in [7, 11) is 0. The molecule has 0 unspecified atom stereocenters. The molecule has 0 spiro atoms. The minimum Gasteiger partial charge on any atom is -0.486 e. The maximum Gasteiger partial charge on any atom is 0.193 e. The van der Waals surface area contributed by atoms with E-state index in [1.807, 2.05) is 24.3 Å². The van der Waals surface area contributed by atoms with Crippen molar-refractivity contribution in [2.45, 2.75) is 32.8 Å². The lowest BCUT2D eigenvalue weighted by Crippen LogP contribution is -2.10. The van der Waals surface area contributed by atoms with Crippen molar-refractivity contribution in [3.63, 3.8) is 0 Å². The molecule has 3 rings (SSSR count). The molecule has 118 valence electrons. The van der Waals surface area contributed by atoms with Gasteiger partial charge in [-0.2, -0.15) is 0 Å². The molecule has 23 heavy (non-hydrogen) atoms. The second-order valence-electron chi connectivity index (χ2n) is 6.64. The largest absolute Gasteiger partial charge is 0.486 e. The highest BCUT2D eigenvalue weighted by molar-refractivity contribution is 5.76. The van der Waals surface area contributed by atoms with Crippen LogP contribution in [0.25, 0.3) is 11.0 Å². The maximum absolute atomic E-state index is 12.1. The third-order valence-corrected chi connectivity index (χ3v) is 3.79. The monoisotopic (exact) mass is 308 g/mol. The lowest BCUT2D eigenvalue weighted by molar-refractivity contribution is 0.272. The van der Waals surface area contributed by atoms with Gasteiger partial charge in [0.2, 0.25) is 0 Å². The fraction of sp³-hybridized carbons (Fsp3) is 0.250. The van der Waals surface area contributed by atoms with Crippen LogP contribution in [0.2, 0.25) is 0 Å². The van der Waals surface area contributed by atoms with Crippen LogP contribution in [0.1, 0.15) is 32.1 Å². The van der Waals surface area contributed by atoms with Crippen LogP contribution < -0.4 is 10.2 Å². The Morgan fingerprint density at radius 2 is 1.70 bits per heavy atom. The molecule has 0 amide bonds. The fourth-order valence-electron chi connectivity index (χ4n) is 2.43. The minimum atomic E-state index is -0.0477.